The predicted octanol–water partition coefficient (Wildman–Crippen LogP) is 1.74. The first-order valence-electron chi connectivity index (χ1n) is 14.6. The Morgan fingerprint density at radius 1 is 0.974 bits per heavy atom. The highest BCUT2D eigenvalue weighted by Crippen LogP contribution is 2.70. The molecule has 222 valence electrons. The van der Waals surface area contributed by atoms with Crippen molar-refractivity contribution in [1.82, 2.24) is 0 Å². The number of aliphatic hydroxyl groups is 6. The van der Waals surface area contributed by atoms with E-state index in [1.165, 1.54) is 6.08 Å². The number of carbonyl (C=O) groups is 1. The predicted molar refractivity (Wildman–Crippen MR) is 141 cm³/mol. The first-order valence-corrected chi connectivity index (χ1v) is 14.6. The Hall–Kier alpha value is -0.910. The lowest BCUT2D eigenvalue weighted by Crippen LogP contribution is -2.69. The van der Waals surface area contributed by atoms with Gasteiger partial charge >= 0.3 is 0 Å². The fourth-order valence-electron chi connectivity index (χ4n) is 9.51. The van der Waals surface area contributed by atoms with Gasteiger partial charge in [0.1, 0.15) is 5.60 Å². The fraction of sp³-hybridized carbons (Fsp3) is 0.900. The van der Waals surface area contributed by atoms with Crippen molar-refractivity contribution in [3.05, 3.63) is 11.6 Å². The molecule has 4 fully saturated rings. The molecule has 4 aliphatic carbocycles. The molecule has 1 saturated heterocycles. The summed E-state index contributed by atoms with van der Waals surface area (Å²) in [6, 6.07) is 0. The Bertz CT molecular complexity index is 1060. The number of rotatable bonds is 5. The summed E-state index contributed by atoms with van der Waals surface area (Å²) >= 11 is 0. The number of hydrogen-bond acceptors (Lipinski definition) is 9. The molecule has 9 heteroatoms. The summed E-state index contributed by atoms with van der Waals surface area (Å²) in [5, 5.41) is 65.2. The largest absolute Gasteiger partial charge is 0.393 e. The lowest BCUT2D eigenvalue weighted by atomic mass is 9.44. The average molecular weight is 553 g/mol. The van der Waals surface area contributed by atoms with Gasteiger partial charge in [0.15, 0.2) is 11.6 Å². The van der Waals surface area contributed by atoms with E-state index < -0.39 is 57.0 Å². The third kappa shape index (κ3) is 3.98. The molecule has 11 atom stereocenters. The molecule has 3 saturated carbocycles. The van der Waals surface area contributed by atoms with E-state index in [1.54, 1.807) is 6.92 Å². The first-order chi connectivity index (χ1) is 17.8. The standard InChI is InChI=1S/C30H48O9/c1-24(2)38-23(9-10-25(3,35)16-31)28(6,39-24)21-8-12-29(36)18-13-22(34)30(37)15-20(33)19(32)14-27(30,5)17(18)7-11-26(21,29)4/h13,17,19-21,23,31-33,35-37H,7-12,14-16H2,1-6H3/t17-,19-,20+,21-,23+,25+,26+,27+,28+,29+,30+/m0/s1. The molecule has 5 aliphatic rings. The second-order valence-electron chi connectivity index (χ2n) is 14.7. The van der Waals surface area contributed by atoms with Crippen LogP contribution in [-0.4, -0.2) is 89.5 Å². The van der Waals surface area contributed by atoms with Crippen molar-refractivity contribution in [2.24, 2.45) is 22.7 Å². The number of ketones is 1. The van der Waals surface area contributed by atoms with Crippen LogP contribution in [0.4, 0.5) is 0 Å². The van der Waals surface area contributed by atoms with E-state index in [-0.39, 0.29) is 37.4 Å². The highest BCUT2D eigenvalue weighted by molar-refractivity contribution is 6.00. The van der Waals surface area contributed by atoms with Gasteiger partial charge < -0.3 is 40.1 Å². The monoisotopic (exact) mass is 552 g/mol. The van der Waals surface area contributed by atoms with Crippen molar-refractivity contribution in [3.8, 4) is 0 Å². The van der Waals surface area contributed by atoms with Crippen LogP contribution in [0.3, 0.4) is 0 Å². The molecule has 9 nitrogen and oxygen atoms in total. The van der Waals surface area contributed by atoms with Gasteiger partial charge in [-0.2, -0.15) is 0 Å². The molecule has 1 heterocycles. The number of fused-ring (bicyclic) bond motifs is 5. The Labute approximate surface area is 231 Å². The molecule has 0 unspecified atom stereocenters. The van der Waals surface area contributed by atoms with Crippen molar-refractivity contribution in [2.45, 2.75) is 139 Å². The highest BCUT2D eigenvalue weighted by Gasteiger charge is 2.73. The van der Waals surface area contributed by atoms with Gasteiger partial charge in [-0.15, -0.1) is 0 Å². The second-order valence-corrected chi connectivity index (χ2v) is 14.7. The third-order valence-electron chi connectivity index (χ3n) is 11.8. The van der Waals surface area contributed by atoms with Crippen LogP contribution in [0.2, 0.25) is 0 Å². The normalized spacial score (nSPS) is 52.5. The zero-order valence-corrected chi connectivity index (χ0v) is 24.2. The SMILES string of the molecule is CC1(C)O[C@H](CC[C@@](C)(O)CO)[C@@](C)([C@H]2CC[C@@]3(O)C4=CC(=O)[C@]5(O)C[C@@H](O)[C@@H](O)C[C@]5(C)[C@H]4CC[C@]23C)O1. The van der Waals surface area contributed by atoms with Crippen LogP contribution < -0.4 is 0 Å². The minimum atomic E-state index is -1.80. The summed E-state index contributed by atoms with van der Waals surface area (Å²) in [5.41, 5.74) is -6.20. The summed E-state index contributed by atoms with van der Waals surface area (Å²) in [6.07, 6.45) is 1.75. The maximum absolute atomic E-state index is 13.5. The van der Waals surface area contributed by atoms with E-state index in [0.717, 1.165) is 0 Å². The molecule has 0 amide bonds. The topological polar surface area (TPSA) is 157 Å². The zero-order chi connectivity index (χ0) is 29.0. The molecular formula is C30H48O9. The lowest BCUT2D eigenvalue weighted by molar-refractivity contribution is -0.213. The van der Waals surface area contributed by atoms with Gasteiger partial charge in [0.25, 0.3) is 0 Å². The summed E-state index contributed by atoms with van der Waals surface area (Å²) in [7, 11) is 0. The van der Waals surface area contributed by atoms with Gasteiger partial charge in [-0.1, -0.05) is 13.8 Å². The molecule has 0 radical (unpaired) electrons. The van der Waals surface area contributed by atoms with Crippen molar-refractivity contribution < 1.29 is 44.9 Å². The summed E-state index contributed by atoms with van der Waals surface area (Å²) in [4.78, 5) is 13.5. The minimum Gasteiger partial charge on any atom is -0.393 e. The zero-order valence-electron chi connectivity index (χ0n) is 24.2. The first kappa shape index (κ1) is 29.6. The average Bonchev–Trinajstić information content (AvgIpc) is 3.25. The van der Waals surface area contributed by atoms with Crippen LogP contribution in [0, 0.1) is 22.7 Å². The van der Waals surface area contributed by atoms with Gasteiger partial charge in [0.05, 0.1) is 41.7 Å². The Balaban J connectivity index is 1.52. The van der Waals surface area contributed by atoms with Gasteiger partial charge in [-0.25, -0.2) is 0 Å². The quantitative estimate of drug-likeness (QED) is 0.299. The Morgan fingerprint density at radius 2 is 1.62 bits per heavy atom. The second kappa shape index (κ2) is 8.80. The molecule has 0 bridgehead atoms. The number of aliphatic hydroxyl groups excluding tert-OH is 3. The van der Waals surface area contributed by atoms with Crippen LogP contribution in [0.5, 0.6) is 0 Å². The molecule has 6 N–H and O–H groups in total. The minimum absolute atomic E-state index is 0.0738. The van der Waals surface area contributed by atoms with E-state index in [1.807, 2.05) is 27.7 Å². The molecule has 0 spiro atoms. The fourth-order valence-corrected chi connectivity index (χ4v) is 9.51. The maximum Gasteiger partial charge on any atom is 0.187 e. The van der Waals surface area contributed by atoms with Crippen LogP contribution in [0.1, 0.15) is 92.9 Å². The highest BCUT2D eigenvalue weighted by atomic mass is 16.8. The molecule has 5 rings (SSSR count). The van der Waals surface area contributed by atoms with Crippen molar-refractivity contribution in [3.63, 3.8) is 0 Å². The van der Waals surface area contributed by atoms with Gasteiger partial charge in [0, 0.05) is 17.3 Å². The van der Waals surface area contributed by atoms with Gasteiger partial charge in [0.2, 0.25) is 0 Å². The molecule has 0 aromatic rings. The summed E-state index contributed by atoms with van der Waals surface area (Å²) in [6.45, 7) is 10.9. The van der Waals surface area contributed by atoms with Crippen LogP contribution >= 0.6 is 0 Å². The smallest absolute Gasteiger partial charge is 0.187 e. The molecule has 1 aliphatic heterocycles. The summed E-state index contributed by atoms with van der Waals surface area (Å²) < 4.78 is 13.0. The number of ether oxygens (including phenoxy) is 2. The van der Waals surface area contributed by atoms with Crippen LogP contribution in [0.15, 0.2) is 11.6 Å². The van der Waals surface area contributed by atoms with E-state index in [2.05, 4.69) is 6.92 Å². The Morgan fingerprint density at radius 3 is 2.26 bits per heavy atom. The van der Waals surface area contributed by atoms with Crippen molar-refractivity contribution in [2.75, 3.05) is 6.61 Å². The van der Waals surface area contributed by atoms with E-state index in [9.17, 15) is 35.4 Å². The molecular weight excluding hydrogens is 504 g/mol. The van der Waals surface area contributed by atoms with Crippen molar-refractivity contribution >= 4 is 5.78 Å². The van der Waals surface area contributed by atoms with E-state index in [4.69, 9.17) is 9.47 Å². The van der Waals surface area contributed by atoms with Crippen LogP contribution in [-0.2, 0) is 14.3 Å². The van der Waals surface area contributed by atoms with E-state index in [0.29, 0.717) is 44.1 Å². The molecule has 39 heavy (non-hydrogen) atoms. The third-order valence-corrected chi connectivity index (χ3v) is 11.8. The van der Waals surface area contributed by atoms with Crippen molar-refractivity contribution in [1.29, 1.82) is 0 Å². The lowest BCUT2D eigenvalue weighted by Gasteiger charge is -2.62. The van der Waals surface area contributed by atoms with Gasteiger partial charge in [-0.05, 0) is 96.1 Å². The van der Waals surface area contributed by atoms with Crippen LogP contribution in [0.25, 0.3) is 0 Å². The molecule has 0 aromatic heterocycles. The van der Waals surface area contributed by atoms with Gasteiger partial charge in [-0.3, -0.25) is 4.79 Å². The van der Waals surface area contributed by atoms with E-state index >= 15 is 0 Å². The summed E-state index contributed by atoms with van der Waals surface area (Å²) in [5.74, 6) is -1.84. The number of hydrogen-bond donors (Lipinski definition) is 6. The molecule has 0 aromatic carbocycles. The maximum atomic E-state index is 13.5. The Kier molecular flexibility index (Phi) is 6.67. The number of carbonyl (C=O) groups excluding carboxylic acids is 1.